The summed E-state index contributed by atoms with van der Waals surface area (Å²) in [4.78, 5) is 8.04. The second kappa shape index (κ2) is 4.90. The van der Waals surface area contributed by atoms with Crippen molar-refractivity contribution in [2.45, 2.75) is 25.4 Å². The highest BCUT2D eigenvalue weighted by Crippen LogP contribution is 2.25. The topological polar surface area (TPSA) is 58.0 Å². The zero-order valence-electron chi connectivity index (χ0n) is 8.36. The first-order chi connectivity index (χ1) is 7.25. The van der Waals surface area contributed by atoms with E-state index in [4.69, 9.17) is 0 Å². The Labute approximate surface area is 97.3 Å². The molecule has 2 unspecified atom stereocenters. The van der Waals surface area contributed by atoms with Crippen molar-refractivity contribution in [3.8, 4) is 0 Å². The number of hydrogen-bond acceptors (Lipinski definition) is 4. The van der Waals surface area contributed by atoms with Crippen LogP contribution in [0.3, 0.4) is 0 Å². The molecular weight excluding hydrogens is 258 g/mol. The predicted octanol–water partition coefficient (Wildman–Crippen LogP) is 1.81. The molecule has 2 rings (SSSR count). The number of anilines is 1. The highest BCUT2D eigenvalue weighted by Gasteiger charge is 2.24. The van der Waals surface area contributed by atoms with Crippen LogP contribution >= 0.6 is 15.9 Å². The summed E-state index contributed by atoms with van der Waals surface area (Å²) in [7, 11) is 0. The maximum absolute atomic E-state index is 9.64. The fourth-order valence-corrected chi connectivity index (χ4v) is 2.23. The Morgan fingerprint density at radius 3 is 3.00 bits per heavy atom. The van der Waals surface area contributed by atoms with E-state index >= 15 is 0 Å². The Balaban J connectivity index is 1.87. The molecule has 1 aromatic heterocycles. The summed E-state index contributed by atoms with van der Waals surface area (Å²) in [5.74, 6) is 1.16. The normalized spacial score (nSPS) is 25.5. The van der Waals surface area contributed by atoms with Crippen LogP contribution in [0.2, 0.25) is 0 Å². The average Bonchev–Trinajstić information content (AvgIpc) is 2.61. The Hall–Kier alpha value is -0.680. The molecule has 0 saturated heterocycles. The number of hydrogen-bond donors (Lipinski definition) is 2. The van der Waals surface area contributed by atoms with Gasteiger partial charge in [-0.15, -0.1) is 0 Å². The smallest absolute Gasteiger partial charge is 0.130 e. The minimum absolute atomic E-state index is 0.150. The maximum Gasteiger partial charge on any atom is 0.130 e. The molecule has 2 N–H and O–H groups in total. The quantitative estimate of drug-likeness (QED) is 0.824. The Morgan fingerprint density at radius 2 is 2.33 bits per heavy atom. The lowest BCUT2D eigenvalue weighted by atomic mass is 10.1. The van der Waals surface area contributed by atoms with E-state index in [1.807, 2.05) is 6.07 Å². The van der Waals surface area contributed by atoms with Crippen molar-refractivity contribution in [3.63, 3.8) is 0 Å². The largest absolute Gasteiger partial charge is 0.393 e. The molecule has 0 radical (unpaired) electrons. The minimum atomic E-state index is -0.150. The lowest BCUT2D eigenvalue weighted by molar-refractivity contribution is 0.138. The van der Waals surface area contributed by atoms with Crippen LogP contribution in [0.5, 0.6) is 0 Å². The summed E-state index contributed by atoms with van der Waals surface area (Å²) >= 11 is 3.29. The van der Waals surface area contributed by atoms with E-state index in [9.17, 15) is 5.11 Å². The molecule has 4 nitrogen and oxygen atoms in total. The van der Waals surface area contributed by atoms with Crippen LogP contribution in [0.15, 0.2) is 17.0 Å². The van der Waals surface area contributed by atoms with Gasteiger partial charge in [0.05, 0.1) is 6.10 Å². The van der Waals surface area contributed by atoms with E-state index in [2.05, 4.69) is 31.2 Å². The molecule has 1 aromatic rings. The van der Waals surface area contributed by atoms with Crippen LogP contribution in [-0.2, 0) is 0 Å². The van der Waals surface area contributed by atoms with Crippen molar-refractivity contribution in [2.24, 2.45) is 5.92 Å². The number of nitrogens with zero attached hydrogens (tertiary/aromatic N) is 2. The highest BCUT2D eigenvalue weighted by molar-refractivity contribution is 9.10. The SMILES string of the molecule is OC1CCCC1CNc1cc(Br)ncn1. The van der Waals surface area contributed by atoms with Crippen LogP contribution in [0.4, 0.5) is 5.82 Å². The van der Waals surface area contributed by atoms with Crippen molar-refractivity contribution in [2.75, 3.05) is 11.9 Å². The third-order valence-corrected chi connectivity index (χ3v) is 3.23. The van der Waals surface area contributed by atoms with Gasteiger partial charge in [0.25, 0.3) is 0 Å². The lowest BCUT2D eigenvalue weighted by Gasteiger charge is -2.15. The summed E-state index contributed by atoms with van der Waals surface area (Å²) in [6.45, 7) is 0.782. The molecule has 2 atom stereocenters. The highest BCUT2D eigenvalue weighted by atomic mass is 79.9. The molecular formula is C10H14BrN3O. The number of aliphatic hydroxyl groups excluding tert-OH is 1. The monoisotopic (exact) mass is 271 g/mol. The van der Waals surface area contributed by atoms with Gasteiger partial charge in [-0.1, -0.05) is 6.42 Å². The van der Waals surface area contributed by atoms with Crippen LogP contribution < -0.4 is 5.32 Å². The van der Waals surface area contributed by atoms with Gasteiger partial charge in [0.1, 0.15) is 16.7 Å². The van der Waals surface area contributed by atoms with E-state index in [1.165, 1.54) is 6.33 Å². The summed E-state index contributed by atoms with van der Waals surface area (Å²) in [6.07, 6.45) is 4.52. The molecule has 1 heterocycles. The fourth-order valence-electron chi connectivity index (χ4n) is 1.92. The van der Waals surface area contributed by atoms with Gasteiger partial charge in [0.2, 0.25) is 0 Å². The molecule has 0 aromatic carbocycles. The van der Waals surface area contributed by atoms with Gasteiger partial charge in [-0.05, 0) is 28.8 Å². The van der Waals surface area contributed by atoms with Crippen molar-refractivity contribution in [1.29, 1.82) is 0 Å². The van der Waals surface area contributed by atoms with Gasteiger partial charge < -0.3 is 10.4 Å². The number of aliphatic hydroxyl groups is 1. The van der Waals surface area contributed by atoms with E-state index in [-0.39, 0.29) is 6.10 Å². The van der Waals surface area contributed by atoms with Crippen LogP contribution in [0, 0.1) is 5.92 Å². The molecule has 0 aliphatic heterocycles. The van der Waals surface area contributed by atoms with E-state index in [0.717, 1.165) is 36.2 Å². The molecule has 82 valence electrons. The van der Waals surface area contributed by atoms with E-state index in [0.29, 0.717) is 5.92 Å². The number of aromatic nitrogens is 2. The second-order valence-corrected chi connectivity index (χ2v) is 4.68. The van der Waals surface area contributed by atoms with Gasteiger partial charge in [-0.2, -0.15) is 0 Å². The van der Waals surface area contributed by atoms with Crippen LogP contribution in [-0.4, -0.2) is 27.7 Å². The fraction of sp³-hybridized carbons (Fsp3) is 0.600. The zero-order chi connectivity index (χ0) is 10.7. The zero-order valence-corrected chi connectivity index (χ0v) is 9.94. The Kier molecular flexibility index (Phi) is 3.53. The van der Waals surface area contributed by atoms with Crippen molar-refractivity contribution < 1.29 is 5.11 Å². The first-order valence-corrected chi connectivity index (χ1v) is 5.94. The Bertz CT molecular complexity index is 334. The van der Waals surface area contributed by atoms with Gasteiger partial charge >= 0.3 is 0 Å². The number of nitrogens with one attached hydrogen (secondary N) is 1. The van der Waals surface area contributed by atoms with Crippen LogP contribution in [0.25, 0.3) is 0 Å². The molecule has 0 spiro atoms. The molecule has 1 fully saturated rings. The molecule has 1 aliphatic carbocycles. The molecule has 0 bridgehead atoms. The van der Waals surface area contributed by atoms with Gasteiger partial charge in [-0.25, -0.2) is 9.97 Å². The first kappa shape index (κ1) is 10.8. The van der Waals surface area contributed by atoms with Crippen molar-refractivity contribution >= 4 is 21.7 Å². The maximum atomic E-state index is 9.64. The average molecular weight is 272 g/mol. The standard InChI is InChI=1S/C10H14BrN3O/c11-9-4-10(14-6-13-9)12-5-7-2-1-3-8(7)15/h4,6-8,15H,1-3,5H2,(H,12,13,14). The number of rotatable bonds is 3. The summed E-state index contributed by atoms with van der Waals surface area (Å²) in [6, 6.07) is 1.83. The van der Waals surface area contributed by atoms with Gasteiger partial charge in [-0.3, -0.25) is 0 Å². The molecule has 15 heavy (non-hydrogen) atoms. The first-order valence-electron chi connectivity index (χ1n) is 5.15. The lowest BCUT2D eigenvalue weighted by Crippen LogP contribution is -2.22. The second-order valence-electron chi connectivity index (χ2n) is 3.87. The summed E-state index contributed by atoms with van der Waals surface area (Å²) < 4.78 is 0.770. The van der Waals surface area contributed by atoms with Crippen LogP contribution in [0.1, 0.15) is 19.3 Å². The molecule has 1 aliphatic rings. The molecule has 0 amide bonds. The summed E-state index contributed by atoms with van der Waals surface area (Å²) in [5, 5.41) is 12.9. The third kappa shape index (κ3) is 2.89. The van der Waals surface area contributed by atoms with Gasteiger partial charge in [0, 0.05) is 18.5 Å². The van der Waals surface area contributed by atoms with Crippen molar-refractivity contribution in [1.82, 2.24) is 9.97 Å². The molecule has 5 heteroatoms. The third-order valence-electron chi connectivity index (χ3n) is 2.80. The van der Waals surface area contributed by atoms with Crippen molar-refractivity contribution in [3.05, 3.63) is 17.0 Å². The molecule has 1 saturated carbocycles. The van der Waals surface area contributed by atoms with E-state index in [1.54, 1.807) is 0 Å². The predicted molar refractivity (Wildman–Crippen MR) is 61.6 cm³/mol. The van der Waals surface area contributed by atoms with Gasteiger partial charge in [0.15, 0.2) is 0 Å². The summed E-state index contributed by atoms with van der Waals surface area (Å²) in [5.41, 5.74) is 0. The van der Waals surface area contributed by atoms with E-state index < -0.39 is 0 Å². The number of halogens is 1. The minimum Gasteiger partial charge on any atom is -0.393 e. The Morgan fingerprint density at radius 1 is 1.47 bits per heavy atom.